The molecule has 0 saturated carbocycles. The van der Waals surface area contributed by atoms with Crippen LogP contribution in [0.5, 0.6) is 5.75 Å². The third-order valence-corrected chi connectivity index (χ3v) is 2.67. The Bertz CT molecular complexity index is 374. The molecule has 1 rings (SSSR count). The Morgan fingerprint density at radius 3 is 2.82 bits per heavy atom. The summed E-state index contributed by atoms with van der Waals surface area (Å²) in [6.45, 7) is 4.64. The van der Waals surface area contributed by atoms with Crippen LogP contribution < -0.4 is 10.1 Å². The lowest BCUT2D eigenvalue weighted by Gasteiger charge is -2.10. The molecule has 0 radical (unpaired) electrons. The zero-order valence-electron chi connectivity index (χ0n) is 10.9. The summed E-state index contributed by atoms with van der Waals surface area (Å²) in [4.78, 5) is 11.5. The second-order valence-corrected chi connectivity index (χ2v) is 4.20. The van der Waals surface area contributed by atoms with Crippen LogP contribution in [0.4, 0.5) is 0 Å². The third kappa shape index (κ3) is 4.47. The van der Waals surface area contributed by atoms with Crippen molar-refractivity contribution in [3.8, 4) is 5.75 Å². The summed E-state index contributed by atoms with van der Waals surface area (Å²) in [5, 5.41) is 2.92. The van der Waals surface area contributed by atoms with Crippen LogP contribution in [-0.4, -0.2) is 13.0 Å². The van der Waals surface area contributed by atoms with Crippen LogP contribution in [0.3, 0.4) is 0 Å². The fraction of sp³-hybridized carbons (Fsp3) is 0.500. The molecule has 0 atom stereocenters. The number of unbranched alkanes of at least 4 members (excludes halogenated alkanes) is 1. The predicted molar refractivity (Wildman–Crippen MR) is 69.1 cm³/mol. The number of carbonyl (C=O) groups is 1. The Morgan fingerprint density at radius 2 is 2.18 bits per heavy atom. The largest absolute Gasteiger partial charge is 0.496 e. The number of nitrogens with one attached hydrogen (secondary N) is 1. The van der Waals surface area contributed by atoms with Gasteiger partial charge in [0.15, 0.2) is 0 Å². The van der Waals surface area contributed by atoms with E-state index in [-0.39, 0.29) is 5.91 Å². The smallest absolute Gasteiger partial charge is 0.220 e. The Labute approximate surface area is 103 Å². The van der Waals surface area contributed by atoms with Crippen LogP contribution >= 0.6 is 0 Å². The van der Waals surface area contributed by atoms with Crippen molar-refractivity contribution in [1.82, 2.24) is 5.32 Å². The summed E-state index contributed by atoms with van der Waals surface area (Å²) in [7, 11) is 1.65. The standard InChI is InChI=1S/C14H21NO2/c1-4-5-6-14(16)15-10-12-9-11(2)7-8-13(12)17-3/h7-9H,4-6,10H2,1-3H3,(H,15,16). The molecular weight excluding hydrogens is 214 g/mol. The maximum Gasteiger partial charge on any atom is 0.220 e. The van der Waals surface area contributed by atoms with Crippen molar-refractivity contribution in [3.63, 3.8) is 0 Å². The number of benzene rings is 1. The Morgan fingerprint density at radius 1 is 1.41 bits per heavy atom. The van der Waals surface area contributed by atoms with Gasteiger partial charge in [-0.1, -0.05) is 31.0 Å². The summed E-state index contributed by atoms with van der Waals surface area (Å²) in [6, 6.07) is 5.98. The molecule has 3 nitrogen and oxygen atoms in total. The lowest BCUT2D eigenvalue weighted by molar-refractivity contribution is -0.121. The molecule has 0 aliphatic heterocycles. The van der Waals surface area contributed by atoms with E-state index in [4.69, 9.17) is 4.74 Å². The van der Waals surface area contributed by atoms with Crippen LogP contribution in [-0.2, 0) is 11.3 Å². The van der Waals surface area contributed by atoms with Gasteiger partial charge in [0, 0.05) is 18.5 Å². The average Bonchev–Trinajstić information content (AvgIpc) is 2.34. The van der Waals surface area contributed by atoms with Crippen molar-refractivity contribution < 1.29 is 9.53 Å². The first-order valence-electron chi connectivity index (χ1n) is 6.07. The minimum Gasteiger partial charge on any atom is -0.496 e. The highest BCUT2D eigenvalue weighted by atomic mass is 16.5. The number of amides is 1. The minimum atomic E-state index is 0.107. The van der Waals surface area contributed by atoms with Crippen LogP contribution in [0.25, 0.3) is 0 Å². The maximum atomic E-state index is 11.5. The average molecular weight is 235 g/mol. The van der Waals surface area contributed by atoms with E-state index < -0.39 is 0 Å². The number of hydrogen-bond acceptors (Lipinski definition) is 2. The Kier molecular flexibility index (Phi) is 5.53. The molecule has 0 heterocycles. The highest BCUT2D eigenvalue weighted by Gasteiger charge is 2.05. The number of hydrogen-bond donors (Lipinski definition) is 1. The summed E-state index contributed by atoms with van der Waals surface area (Å²) in [5.74, 6) is 0.932. The molecule has 1 amide bonds. The molecule has 0 saturated heterocycles. The highest BCUT2D eigenvalue weighted by molar-refractivity contribution is 5.75. The SMILES string of the molecule is CCCCC(=O)NCc1cc(C)ccc1OC. The van der Waals surface area contributed by atoms with E-state index in [0.717, 1.165) is 24.2 Å². The fourth-order valence-corrected chi connectivity index (χ4v) is 1.67. The van der Waals surface area contributed by atoms with Gasteiger partial charge in [0.25, 0.3) is 0 Å². The van der Waals surface area contributed by atoms with Crippen molar-refractivity contribution in [2.45, 2.75) is 39.7 Å². The van der Waals surface area contributed by atoms with Crippen molar-refractivity contribution in [2.75, 3.05) is 7.11 Å². The molecule has 94 valence electrons. The molecular formula is C14H21NO2. The van der Waals surface area contributed by atoms with E-state index in [0.29, 0.717) is 13.0 Å². The van der Waals surface area contributed by atoms with E-state index in [1.54, 1.807) is 7.11 Å². The monoisotopic (exact) mass is 235 g/mol. The lowest BCUT2D eigenvalue weighted by atomic mass is 10.1. The van der Waals surface area contributed by atoms with Gasteiger partial charge in [-0.2, -0.15) is 0 Å². The molecule has 0 aromatic heterocycles. The van der Waals surface area contributed by atoms with Gasteiger partial charge in [0.2, 0.25) is 5.91 Å². The Balaban J connectivity index is 2.56. The van der Waals surface area contributed by atoms with Crippen LogP contribution in [0.1, 0.15) is 37.3 Å². The third-order valence-electron chi connectivity index (χ3n) is 2.67. The molecule has 1 aromatic carbocycles. The van der Waals surface area contributed by atoms with Crippen LogP contribution in [0.2, 0.25) is 0 Å². The van der Waals surface area contributed by atoms with Gasteiger partial charge in [-0.05, 0) is 19.4 Å². The molecule has 0 bridgehead atoms. The predicted octanol–water partition coefficient (Wildman–Crippen LogP) is 2.81. The van der Waals surface area contributed by atoms with Gasteiger partial charge >= 0.3 is 0 Å². The fourth-order valence-electron chi connectivity index (χ4n) is 1.67. The first-order valence-corrected chi connectivity index (χ1v) is 6.07. The highest BCUT2D eigenvalue weighted by Crippen LogP contribution is 2.19. The molecule has 0 aliphatic rings. The van der Waals surface area contributed by atoms with E-state index in [9.17, 15) is 4.79 Å². The zero-order valence-corrected chi connectivity index (χ0v) is 10.9. The molecule has 17 heavy (non-hydrogen) atoms. The van der Waals surface area contributed by atoms with Crippen molar-refractivity contribution in [3.05, 3.63) is 29.3 Å². The quantitative estimate of drug-likeness (QED) is 0.823. The summed E-state index contributed by atoms with van der Waals surface area (Å²) in [5.41, 5.74) is 2.20. The van der Waals surface area contributed by atoms with E-state index in [1.165, 1.54) is 5.56 Å². The first-order chi connectivity index (χ1) is 8.17. The number of ether oxygens (including phenoxy) is 1. The topological polar surface area (TPSA) is 38.3 Å². The van der Waals surface area contributed by atoms with Gasteiger partial charge in [0.05, 0.1) is 7.11 Å². The van der Waals surface area contributed by atoms with Crippen molar-refractivity contribution in [2.24, 2.45) is 0 Å². The molecule has 0 fully saturated rings. The molecule has 0 unspecified atom stereocenters. The Hall–Kier alpha value is -1.51. The summed E-state index contributed by atoms with van der Waals surface area (Å²) >= 11 is 0. The van der Waals surface area contributed by atoms with Gasteiger partial charge in [-0.3, -0.25) is 4.79 Å². The summed E-state index contributed by atoms with van der Waals surface area (Å²) < 4.78 is 5.26. The second-order valence-electron chi connectivity index (χ2n) is 4.20. The first kappa shape index (κ1) is 13.6. The second kappa shape index (κ2) is 6.94. The zero-order chi connectivity index (χ0) is 12.7. The van der Waals surface area contributed by atoms with Crippen LogP contribution in [0.15, 0.2) is 18.2 Å². The number of rotatable bonds is 6. The lowest BCUT2D eigenvalue weighted by Crippen LogP contribution is -2.22. The van der Waals surface area contributed by atoms with Gasteiger partial charge in [-0.25, -0.2) is 0 Å². The molecule has 0 aliphatic carbocycles. The molecule has 3 heteroatoms. The number of aryl methyl sites for hydroxylation is 1. The van der Waals surface area contributed by atoms with E-state index in [2.05, 4.69) is 12.2 Å². The van der Waals surface area contributed by atoms with E-state index in [1.807, 2.05) is 25.1 Å². The number of methoxy groups -OCH3 is 1. The molecule has 0 spiro atoms. The van der Waals surface area contributed by atoms with Crippen molar-refractivity contribution >= 4 is 5.91 Å². The molecule has 1 aromatic rings. The van der Waals surface area contributed by atoms with Gasteiger partial charge in [0.1, 0.15) is 5.75 Å². The van der Waals surface area contributed by atoms with Gasteiger partial charge in [-0.15, -0.1) is 0 Å². The van der Waals surface area contributed by atoms with E-state index >= 15 is 0 Å². The van der Waals surface area contributed by atoms with Crippen LogP contribution in [0, 0.1) is 6.92 Å². The van der Waals surface area contributed by atoms with Crippen molar-refractivity contribution in [1.29, 1.82) is 0 Å². The number of carbonyl (C=O) groups excluding carboxylic acids is 1. The normalized spacial score (nSPS) is 10.1. The molecule has 1 N–H and O–H groups in total. The maximum absolute atomic E-state index is 11.5. The van der Waals surface area contributed by atoms with Gasteiger partial charge < -0.3 is 10.1 Å². The summed E-state index contributed by atoms with van der Waals surface area (Å²) in [6.07, 6.45) is 2.59. The minimum absolute atomic E-state index is 0.107.